The fourth-order valence-corrected chi connectivity index (χ4v) is 3.90. The second-order valence-electron chi connectivity index (χ2n) is 6.93. The number of hydrogen-bond acceptors (Lipinski definition) is 6. The van der Waals surface area contributed by atoms with Gasteiger partial charge in [-0.15, -0.1) is 0 Å². The topological polar surface area (TPSA) is 71.1 Å². The van der Waals surface area contributed by atoms with Crippen LogP contribution in [0.4, 0.5) is 0 Å². The van der Waals surface area contributed by atoms with Crippen molar-refractivity contribution in [2.45, 2.75) is 19.3 Å². The van der Waals surface area contributed by atoms with Crippen LogP contribution in [0.1, 0.15) is 30.4 Å². The minimum atomic E-state index is -0.944. The maximum atomic E-state index is 13.1. The molecule has 6 heteroatoms. The largest absolute Gasteiger partial charge is 0.497 e. The molecule has 0 radical (unpaired) electrons. The zero-order chi connectivity index (χ0) is 21.7. The molecule has 1 aliphatic rings. The molecule has 30 heavy (non-hydrogen) atoms. The number of methoxy groups -OCH3 is 3. The van der Waals surface area contributed by atoms with E-state index in [0.717, 1.165) is 16.7 Å². The van der Waals surface area contributed by atoms with Gasteiger partial charge in [0.15, 0.2) is 17.3 Å². The Hall–Kier alpha value is -3.28. The van der Waals surface area contributed by atoms with Gasteiger partial charge in [0.25, 0.3) is 0 Å². The molecule has 1 aliphatic carbocycles. The highest BCUT2D eigenvalue weighted by atomic mass is 16.5. The molecule has 0 heterocycles. The van der Waals surface area contributed by atoms with E-state index in [1.165, 1.54) is 0 Å². The fraction of sp³-hybridized carbons (Fsp3) is 0.333. The van der Waals surface area contributed by atoms with Crippen LogP contribution in [0.5, 0.6) is 17.2 Å². The number of para-hydroxylation sites is 1. The molecular weight excluding hydrogens is 384 g/mol. The average Bonchev–Trinajstić information content (AvgIpc) is 2.77. The van der Waals surface area contributed by atoms with Gasteiger partial charge in [0.05, 0.1) is 27.9 Å². The normalized spacial score (nSPS) is 18.4. The van der Waals surface area contributed by atoms with E-state index in [4.69, 9.17) is 18.9 Å². The van der Waals surface area contributed by atoms with Gasteiger partial charge in [0.1, 0.15) is 11.7 Å². The maximum absolute atomic E-state index is 13.1. The van der Waals surface area contributed by atoms with Crippen LogP contribution in [0, 0.1) is 5.92 Å². The van der Waals surface area contributed by atoms with Crippen molar-refractivity contribution in [3.63, 3.8) is 0 Å². The van der Waals surface area contributed by atoms with Crippen molar-refractivity contribution in [2.75, 3.05) is 27.9 Å². The molecule has 0 aliphatic heterocycles. The zero-order valence-corrected chi connectivity index (χ0v) is 17.6. The predicted molar refractivity (Wildman–Crippen MR) is 113 cm³/mol. The van der Waals surface area contributed by atoms with Crippen LogP contribution in [-0.2, 0) is 14.3 Å². The summed E-state index contributed by atoms with van der Waals surface area (Å²) in [5, 5.41) is 0. The van der Waals surface area contributed by atoms with Gasteiger partial charge in [-0.25, -0.2) is 0 Å². The number of carbonyl (C=O) groups excluding carboxylic acids is 2. The van der Waals surface area contributed by atoms with E-state index in [0.29, 0.717) is 23.7 Å². The van der Waals surface area contributed by atoms with Crippen LogP contribution in [-0.4, -0.2) is 39.7 Å². The molecule has 2 atom stereocenters. The van der Waals surface area contributed by atoms with Gasteiger partial charge in [-0.2, -0.15) is 0 Å². The summed E-state index contributed by atoms with van der Waals surface area (Å²) >= 11 is 0. The standard InChI is InChI=1S/C24H26O6/c1-5-30-24(26)22-19(18-10-7-11-21(28-3)23(18)29-4)13-16(14-20(22)25)15-8-6-9-17(12-15)27-2/h6-12,14,19,22H,5,13H2,1-4H3/t19-,22-/m0/s1. The summed E-state index contributed by atoms with van der Waals surface area (Å²) in [6.07, 6.45) is 2.01. The first-order chi connectivity index (χ1) is 14.5. The molecule has 0 bridgehead atoms. The van der Waals surface area contributed by atoms with Crippen LogP contribution in [0.3, 0.4) is 0 Å². The van der Waals surface area contributed by atoms with Gasteiger partial charge in [-0.3, -0.25) is 9.59 Å². The van der Waals surface area contributed by atoms with Crippen molar-refractivity contribution in [3.05, 3.63) is 59.7 Å². The van der Waals surface area contributed by atoms with E-state index in [1.54, 1.807) is 40.4 Å². The summed E-state index contributed by atoms with van der Waals surface area (Å²) < 4.78 is 21.6. The summed E-state index contributed by atoms with van der Waals surface area (Å²) in [6, 6.07) is 13.0. The lowest BCUT2D eigenvalue weighted by Crippen LogP contribution is -2.34. The molecule has 0 N–H and O–H groups in total. The van der Waals surface area contributed by atoms with E-state index in [9.17, 15) is 9.59 Å². The van der Waals surface area contributed by atoms with Crippen molar-refractivity contribution in [1.29, 1.82) is 0 Å². The number of esters is 1. The van der Waals surface area contributed by atoms with E-state index in [1.807, 2.05) is 36.4 Å². The second-order valence-corrected chi connectivity index (χ2v) is 6.93. The monoisotopic (exact) mass is 410 g/mol. The van der Waals surface area contributed by atoms with Gasteiger partial charge < -0.3 is 18.9 Å². The fourth-order valence-electron chi connectivity index (χ4n) is 3.90. The first-order valence-electron chi connectivity index (χ1n) is 9.80. The first kappa shape index (κ1) is 21.4. The predicted octanol–water partition coefficient (Wildman–Crippen LogP) is 4.03. The van der Waals surface area contributed by atoms with Crippen LogP contribution < -0.4 is 14.2 Å². The number of benzene rings is 2. The van der Waals surface area contributed by atoms with Crippen molar-refractivity contribution >= 4 is 17.3 Å². The molecule has 0 unspecified atom stereocenters. The molecule has 0 saturated carbocycles. The van der Waals surface area contributed by atoms with Crippen molar-refractivity contribution in [2.24, 2.45) is 5.92 Å². The van der Waals surface area contributed by atoms with Crippen LogP contribution >= 0.6 is 0 Å². The minimum Gasteiger partial charge on any atom is -0.497 e. The van der Waals surface area contributed by atoms with Gasteiger partial charge in [0, 0.05) is 11.5 Å². The van der Waals surface area contributed by atoms with E-state index >= 15 is 0 Å². The Labute approximate surface area is 176 Å². The number of rotatable bonds is 7. The molecule has 6 nitrogen and oxygen atoms in total. The Morgan fingerprint density at radius 2 is 1.80 bits per heavy atom. The number of allylic oxidation sites excluding steroid dienone is 2. The van der Waals surface area contributed by atoms with Crippen molar-refractivity contribution in [1.82, 2.24) is 0 Å². The highest BCUT2D eigenvalue weighted by Gasteiger charge is 2.41. The lowest BCUT2D eigenvalue weighted by molar-refractivity contribution is -0.151. The zero-order valence-electron chi connectivity index (χ0n) is 17.6. The molecule has 0 spiro atoms. The van der Waals surface area contributed by atoms with Crippen molar-refractivity contribution in [3.8, 4) is 17.2 Å². The highest BCUT2D eigenvalue weighted by molar-refractivity contribution is 6.10. The Morgan fingerprint density at radius 1 is 1.03 bits per heavy atom. The summed E-state index contributed by atoms with van der Waals surface area (Å²) in [7, 11) is 4.70. The SMILES string of the molecule is CCOC(=O)[C@@H]1C(=O)C=C(c2cccc(OC)c2)C[C@H]1c1cccc(OC)c1OC. The molecule has 0 amide bonds. The lowest BCUT2D eigenvalue weighted by atomic mass is 9.73. The average molecular weight is 410 g/mol. The van der Waals surface area contributed by atoms with Crippen molar-refractivity contribution < 1.29 is 28.5 Å². The molecule has 0 aromatic heterocycles. The lowest BCUT2D eigenvalue weighted by Gasteiger charge is -2.30. The third kappa shape index (κ3) is 4.17. The van der Waals surface area contributed by atoms with E-state index in [2.05, 4.69) is 0 Å². The van der Waals surface area contributed by atoms with Gasteiger partial charge in [-0.1, -0.05) is 24.3 Å². The Balaban J connectivity index is 2.11. The van der Waals surface area contributed by atoms with Gasteiger partial charge in [-0.05, 0) is 48.8 Å². The van der Waals surface area contributed by atoms with E-state index in [-0.39, 0.29) is 12.4 Å². The summed E-state index contributed by atoms with van der Waals surface area (Å²) in [6.45, 7) is 1.93. The summed E-state index contributed by atoms with van der Waals surface area (Å²) in [5.41, 5.74) is 2.43. The smallest absolute Gasteiger partial charge is 0.317 e. The first-order valence-corrected chi connectivity index (χ1v) is 9.80. The number of ketones is 1. The maximum Gasteiger partial charge on any atom is 0.317 e. The molecule has 2 aromatic rings. The van der Waals surface area contributed by atoms with E-state index < -0.39 is 17.8 Å². The molecule has 3 rings (SSSR count). The van der Waals surface area contributed by atoms with Crippen LogP contribution in [0.15, 0.2) is 48.5 Å². The summed E-state index contributed by atoms with van der Waals surface area (Å²) in [5.74, 6) is -0.454. The molecular formula is C24H26O6. The Bertz CT molecular complexity index is 962. The highest BCUT2D eigenvalue weighted by Crippen LogP contribution is 2.46. The van der Waals surface area contributed by atoms with Gasteiger partial charge >= 0.3 is 5.97 Å². The molecule has 0 fully saturated rings. The third-order valence-electron chi connectivity index (χ3n) is 5.28. The number of hydrogen-bond donors (Lipinski definition) is 0. The molecule has 0 saturated heterocycles. The second kappa shape index (κ2) is 9.48. The Morgan fingerprint density at radius 3 is 2.47 bits per heavy atom. The minimum absolute atomic E-state index is 0.205. The number of carbonyl (C=O) groups is 2. The number of ether oxygens (including phenoxy) is 4. The Kier molecular flexibility index (Phi) is 6.77. The van der Waals surface area contributed by atoms with Gasteiger partial charge in [0.2, 0.25) is 0 Å². The molecule has 158 valence electrons. The van der Waals surface area contributed by atoms with Crippen LogP contribution in [0.2, 0.25) is 0 Å². The quantitative estimate of drug-likeness (QED) is 0.507. The third-order valence-corrected chi connectivity index (χ3v) is 5.28. The molecule has 2 aromatic carbocycles. The van der Waals surface area contributed by atoms with Crippen LogP contribution in [0.25, 0.3) is 5.57 Å². The summed E-state index contributed by atoms with van der Waals surface area (Å²) in [4.78, 5) is 25.8.